The van der Waals surface area contributed by atoms with Crippen LogP contribution in [-0.2, 0) is 4.79 Å². The third-order valence-corrected chi connectivity index (χ3v) is 2.65. The fourth-order valence-electron chi connectivity index (χ4n) is 1.83. The molecule has 2 rings (SSSR count). The Balaban J connectivity index is 2.35. The predicted octanol–water partition coefficient (Wildman–Crippen LogP) is 2.44. The number of para-hydroxylation sites is 1. The van der Waals surface area contributed by atoms with Crippen molar-refractivity contribution in [2.75, 3.05) is 11.9 Å². The molecular weight excluding hydrogens is 218 g/mol. The molecule has 0 bridgehead atoms. The number of hydrogen-bond acceptors (Lipinski definition) is 3. The van der Waals surface area contributed by atoms with Crippen LogP contribution in [0.4, 0.5) is 5.69 Å². The molecule has 0 spiro atoms. The fourth-order valence-corrected chi connectivity index (χ4v) is 1.83. The van der Waals surface area contributed by atoms with Gasteiger partial charge in [0.25, 0.3) is 5.91 Å². The Morgan fingerprint density at radius 1 is 1.47 bits per heavy atom. The second-order valence-corrected chi connectivity index (χ2v) is 4.34. The Hall–Kier alpha value is -1.71. The highest BCUT2D eigenvalue weighted by atomic mass is 16.5. The van der Waals surface area contributed by atoms with Crippen molar-refractivity contribution in [1.82, 2.24) is 0 Å². The maximum absolute atomic E-state index is 11.8. The van der Waals surface area contributed by atoms with E-state index >= 15 is 0 Å². The molecule has 1 aliphatic rings. The van der Waals surface area contributed by atoms with Gasteiger partial charge in [-0.3, -0.25) is 4.79 Å². The third-order valence-electron chi connectivity index (χ3n) is 2.65. The first-order valence-corrected chi connectivity index (χ1v) is 5.86. The Morgan fingerprint density at radius 3 is 2.88 bits per heavy atom. The van der Waals surface area contributed by atoms with Gasteiger partial charge in [0.1, 0.15) is 0 Å². The lowest BCUT2D eigenvalue weighted by Crippen LogP contribution is -2.40. The Labute approximate surface area is 101 Å². The van der Waals surface area contributed by atoms with Crippen molar-refractivity contribution < 1.29 is 14.3 Å². The molecule has 1 N–H and O–H groups in total. The largest absolute Gasteiger partial charge is 0.490 e. The molecule has 1 heterocycles. The van der Waals surface area contributed by atoms with Crippen LogP contribution in [0.25, 0.3) is 0 Å². The van der Waals surface area contributed by atoms with Gasteiger partial charge in [0.2, 0.25) is 0 Å². The van der Waals surface area contributed by atoms with Crippen LogP contribution in [0.15, 0.2) is 18.2 Å². The van der Waals surface area contributed by atoms with E-state index in [4.69, 9.17) is 9.47 Å². The highest BCUT2D eigenvalue weighted by molar-refractivity contribution is 5.98. The zero-order valence-electron chi connectivity index (χ0n) is 10.3. The number of fused-ring (bicyclic) bond motifs is 1. The van der Waals surface area contributed by atoms with E-state index in [0.29, 0.717) is 23.8 Å². The molecule has 1 aromatic rings. The van der Waals surface area contributed by atoms with Crippen LogP contribution in [0.3, 0.4) is 0 Å². The highest BCUT2D eigenvalue weighted by Gasteiger charge is 2.31. The molecular formula is C13H17NO3. The van der Waals surface area contributed by atoms with Crippen molar-refractivity contribution in [2.24, 2.45) is 5.92 Å². The first-order valence-electron chi connectivity index (χ1n) is 5.86. The molecule has 1 aliphatic heterocycles. The molecule has 4 heteroatoms. The van der Waals surface area contributed by atoms with Crippen molar-refractivity contribution in [3.8, 4) is 11.5 Å². The number of benzene rings is 1. The number of rotatable bonds is 3. The summed E-state index contributed by atoms with van der Waals surface area (Å²) in [4.78, 5) is 11.8. The maximum Gasteiger partial charge on any atom is 0.265 e. The first-order chi connectivity index (χ1) is 8.13. The van der Waals surface area contributed by atoms with E-state index in [1.165, 1.54) is 0 Å². The van der Waals surface area contributed by atoms with Gasteiger partial charge >= 0.3 is 0 Å². The number of carbonyl (C=O) groups is 1. The topological polar surface area (TPSA) is 47.6 Å². The predicted molar refractivity (Wildman–Crippen MR) is 65.5 cm³/mol. The van der Waals surface area contributed by atoms with Gasteiger partial charge in [-0.2, -0.15) is 0 Å². The molecule has 0 aromatic heterocycles. The van der Waals surface area contributed by atoms with Crippen molar-refractivity contribution in [3.63, 3.8) is 0 Å². The second-order valence-electron chi connectivity index (χ2n) is 4.34. The molecule has 0 saturated carbocycles. The van der Waals surface area contributed by atoms with Gasteiger partial charge in [0.15, 0.2) is 17.6 Å². The molecule has 0 radical (unpaired) electrons. The van der Waals surface area contributed by atoms with Crippen molar-refractivity contribution in [2.45, 2.75) is 26.9 Å². The number of nitrogens with one attached hydrogen (secondary N) is 1. The first kappa shape index (κ1) is 11.8. The molecule has 0 saturated heterocycles. The van der Waals surface area contributed by atoms with Crippen molar-refractivity contribution in [1.29, 1.82) is 0 Å². The minimum absolute atomic E-state index is 0.0962. The van der Waals surface area contributed by atoms with E-state index in [1.54, 1.807) is 0 Å². The average Bonchev–Trinajstić information content (AvgIpc) is 2.28. The molecule has 92 valence electrons. The van der Waals surface area contributed by atoms with Gasteiger partial charge in [-0.25, -0.2) is 0 Å². The Bertz CT molecular complexity index is 429. The summed E-state index contributed by atoms with van der Waals surface area (Å²) in [5, 5.41) is 2.85. The summed E-state index contributed by atoms with van der Waals surface area (Å²) in [6, 6.07) is 5.49. The molecule has 4 nitrogen and oxygen atoms in total. The van der Waals surface area contributed by atoms with E-state index in [-0.39, 0.29) is 11.8 Å². The van der Waals surface area contributed by atoms with Crippen LogP contribution in [-0.4, -0.2) is 18.6 Å². The van der Waals surface area contributed by atoms with Gasteiger partial charge in [-0.1, -0.05) is 19.9 Å². The van der Waals surface area contributed by atoms with Crippen LogP contribution >= 0.6 is 0 Å². The highest BCUT2D eigenvalue weighted by Crippen LogP contribution is 2.39. The van der Waals surface area contributed by atoms with Crippen LogP contribution in [0.2, 0.25) is 0 Å². The number of hydrogen-bond donors (Lipinski definition) is 1. The lowest BCUT2D eigenvalue weighted by molar-refractivity contribution is -0.125. The van der Waals surface area contributed by atoms with Crippen LogP contribution in [0, 0.1) is 5.92 Å². The number of amides is 1. The lowest BCUT2D eigenvalue weighted by atomic mass is 10.0. The van der Waals surface area contributed by atoms with E-state index in [0.717, 1.165) is 0 Å². The van der Waals surface area contributed by atoms with Gasteiger partial charge in [0, 0.05) is 0 Å². The lowest BCUT2D eigenvalue weighted by Gasteiger charge is -2.29. The Morgan fingerprint density at radius 2 is 2.24 bits per heavy atom. The monoisotopic (exact) mass is 235 g/mol. The van der Waals surface area contributed by atoms with E-state index in [1.807, 2.05) is 39.0 Å². The summed E-state index contributed by atoms with van der Waals surface area (Å²) in [6.07, 6.45) is -0.455. The normalized spacial score (nSPS) is 18.4. The van der Waals surface area contributed by atoms with Crippen molar-refractivity contribution in [3.05, 3.63) is 18.2 Å². The summed E-state index contributed by atoms with van der Waals surface area (Å²) >= 11 is 0. The summed E-state index contributed by atoms with van der Waals surface area (Å²) < 4.78 is 11.2. The summed E-state index contributed by atoms with van der Waals surface area (Å²) in [7, 11) is 0. The van der Waals surface area contributed by atoms with Gasteiger partial charge in [-0.05, 0) is 25.0 Å². The van der Waals surface area contributed by atoms with Crippen LogP contribution < -0.4 is 14.8 Å². The van der Waals surface area contributed by atoms with Crippen LogP contribution in [0.5, 0.6) is 11.5 Å². The average molecular weight is 235 g/mol. The zero-order chi connectivity index (χ0) is 12.4. The third kappa shape index (κ3) is 2.20. The second kappa shape index (κ2) is 4.65. The van der Waals surface area contributed by atoms with Gasteiger partial charge < -0.3 is 14.8 Å². The summed E-state index contributed by atoms with van der Waals surface area (Å²) in [5.41, 5.74) is 0.679. The van der Waals surface area contributed by atoms with Crippen LogP contribution in [0.1, 0.15) is 20.8 Å². The summed E-state index contributed by atoms with van der Waals surface area (Å²) in [5.74, 6) is 1.34. The van der Waals surface area contributed by atoms with E-state index in [9.17, 15) is 4.79 Å². The van der Waals surface area contributed by atoms with E-state index in [2.05, 4.69) is 5.32 Å². The SMILES string of the molecule is CCOc1cccc2c1OC(C(C)C)C(=O)N2. The smallest absolute Gasteiger partial charge is 0.265 e. The molecule has 17 heavy (non-hydrogen) atoms. The number of ether oxygens (including phenoxy) is 2. The minimum Gasteiger partial charge on any atom is -0.490 e. The van der Waals surface area contributed by atoms with Gasteiger partial charge in [-0.15, -0.1) is 0 Å². The van der Waals surface area contributed by atoms with Gasteiger partial charge in [0.05, 0.1) is 12.3 Å². The summed E-state index contributed by atoms with van der Waals surface area (Å²) in [6.45, 7) is 6.40. The van der Waals surface area contributed by atoms with E-state index < -0.39 is 6.10 Å². The number of carbonyl (C=O) groups excluding carboxylic acids is 1. The quantitative estimate of drug-likeness (QED) is 0.875. The molecule has 1 unspecified atom stereocenters. The minimum atomic E-state index is -0.455. The number of anilines is 1. The zero-order valence-corrected chi connectivity index (χ0v) is 10.3. The standard InChI is InChI=1S/C13H17NO3/c1-4-16-10-7-5-6-9-12(10)17-11(8(2)3)13(15)14-9/h5-8,11H,4H2,1-3H3,(H,14,15). The molecule has 0 aliphatic carbocycles. The molecule has 1 atom stereocenters. The molecule has 1 amide bonds. The van der Waals surface area contributed by atoms with Crippen molar-refractivity contribution >= 4 is 11.6 Å². The Kier molecular flexibility index (Phi) is 3.22. The molecule has 1 aromatic carbocycles. The molecule has 0 fully saturated rings. The maximum atomic E-state index is 11.8. The fraction of sp³-hybridized carbons (Fsp3) is 0.462.